The van der Waals surface area contributed by atoms with Gasteiger partial charge in [0, 0.05) is 25.7 Å². The molecule has 2 aliphatic rings. The molecule has 1 atom stereocenters. The summed E-state index contributed by atoms with van der Waals surface area (Å²) in [4.78, 5) is 2.39. The molecule has 0 bridgehead atoms. The molecule has 1 aliphatic heterocycles. The van der Waals surface area contributed by atoms with Crippen molar-refractivity contribution in [3.8, 4) is 0 Å². The first-order valence-electron chi connectivity index (χ1n) is 5.97. The molecule has 0 aromatic carbocycles. The highest BCUT2D eigenvalue weighted by molar-refractivity contribution is 4.88. The molecule has 1 unspecified atom stereocenters. The van der Waals surface area contributed by atoms with Crippen molar-refractivity contribution in [1.29, 1.82) is 0 Å². The monoisotopic (exact) mass is 196 g/mol. The normalized spacial score (nSPS) is 33.2. The van der Waals surface area contributed by atoms with E-state index in [0.717, 1.165) is 12.0 Å². The molecule has 1 saturated carbocycles. The summed E-state index contributed by atoms with van der Waals surface area (Å²) in [5, 5.41) is 3.73. The Kier molecular flexibility index (Phi) is 2.85. The van der Waals surface area contributed by atoms with Gasteiger partial charge in [-0.25, -0.2) is 0 Å². The van der Waals surface area contributed by atoms with Gasteiger partial charge < -0.3 is 10.2 Å². The van der Waals surface area contributed by atoms with E-state index < -0.39 is 0 Å². The first kappa shape index (κ1) is 10.4. The van der Waals surface area contributed by atoms with E-state index in [1.165, 1.54) is 38.9 Å². The Bertz CT molecular complexity index is 194. The van der Waals surface area contributed by atoms with Gasteiger partial charge in [0.1, 0.15) is 0 Å². The zero-order chi connectivity index (χ0) is 10.2. The van der Waals surface area contributed by atoms with Gasteiger partial charge in [0.05, 0.1) is 0 Å². The number of likely N-dealkylation sites (tertiary alicyclic amines) is 1. The summed E-state index contributed by atoms with van der Waals surface area (Å²) >= 11 is 0. The van der Waals surface area contributed by atoms with Gasteiger partial charge in [-0.3, -0.25) is 0 Å². The van der Waals surface area contributed by atoms with Crippen molar-refractivity contribution in [3.05, 3.63) is 0 Å². The predicted molar refractivity (Wildman–Crippen MR) is 60.4 cm³/mol. The Morgan fingerprint density at radius 1 is 1.36 bits per heavy atom. The minimum Gasteiger partial charge on any atom is -0.314 e. The van der Waals surface area contributed by atoms with Gasteiger partial charge in [0.15, 0.2) is 0 Å². The van der Waals surface area contributed by atoms with Crippen LogP contribution in [0.15, 0.2) is 0 Å². The molecule has 2 rings (SSSR count). The smallest absolute Gasteiger partial charge is 0.00724 e. The number of rotatable bonds is 3. The van der Waals surface area contributed by atoms with Crippen LogP contribution in [0.5, 0.6) is 0 Å². The molecule has 82 valence electrons. The van der Waals surface area contributed by atoms with Gasteiger partial charge in [0.25, 0.3) is 0 Å². The molecule has 0 aromatic rings. The molecule has 2 heteroatoms. The fourth-order valence-corrected chi connectivity index (χ4v) is 2.90. The molecular weight excluding hydrogens is 172 g/mol. The zero-order valence-corrected chi connectivity index (χ0v) is 9.84. The van der Waals surface area contributed by atoms with Crippen LogP contribution < -0.4 is 5.32 Å². The van der Waals surface area contributed by atoms with Crippen molar-refractivity contribution < 1.29 is 0 Å². The Hall–Kier alpha value is -0.0800. The van der Waals surface area contributed by atoms with Gasteiger partial charge in [-0.1, -0.05) is 13.8 Å². The Morgan fingerprint density at radius 2 is 2.07 bits per heavy atom. The molecule has 0 aromatic heterocycles. The van der Waals surface area contributed by atoms with Crippen molar-refractivity contribution in [2.75, 3.05) is 26.7 Å². The van der Waals surface area contributed by atoms with Gasteiger partial charge in [-0.05, 0) is 37.6 Å². The maximum Gasteiger partial charge on any atom is 0.00724 e. The predicted octanol–water partition coefficient (Wildman–Crippen LogP) is 1.72. The van der Waals surface area contributed by atoms with Gasteiger partial charge in [-0.15, -0.1) is 0 Å². The molecule has 0 spiro atoms. The third-order valence-corrected chi connectivity index (χ3v) is 3.80. The minimum atomic E-state index is 0.591. The second-order valence-corrected chi connectivity index (χ2v) is 6.10. The minimum absolute atomic E-state index is 0.591. The largest absolute Gasteiger partial charge is 0.314 e. The van der Waals surface area contributed by atoms with Crippen molar-refractivity contribution >= 4 is 0 Å². The summed E-state index contributed by atoms with van der Waals surface area (Å²) in [7, 11) is 2.20. The average Bonchev–Trinajstić information content (AvgIpc) is 2.37. The summed E-state index contributed by atoms with van der Waals surface area (Å²) < 4.78 is 0. The molecule has 1 heterocycles. The van der Waals surface area contributed by atoms with Crippen LogP contribution in [-0.4, -0.2) is 37.6 Å². The number of hydrogen-bond acceptors (Lipinski definition) is 2. The first-order valence-corrected chi connectivity index (χ1v) is 5.97. The fraction of sp³-hybridized carbons (Fsp3) is 1.00. The van der Waals surface area contributed by atoms with Crippen molar-refractivity contribution in [2.24, 2.45) is 11.3 Å². The average molecular weight is 196 g/mol. The van der Waals surface area contributed by atoms with Crippen LogP contribution in [0.25, 0.3) is 0 Å². The second-order valence-electron chi connectivity index (χ2n) is 6.10. The summed E-state index contributed by atoms with van der Waals surface area (Å²) in [5.74, 6) is 0.920. The molecule has 1 N–H and O–H groups in total. The second kappa shape index (κ2) is 3.82. The highest BCUT2D eigenvalue weighted by atomic mass is 15.2. The van der Waals surface area contributed by atoms with E-state index in [1.54, 1.807) is 0 Å². The third-order valence-electron chi connectivity index (χ3n) is 3.80. The van der Waals surface area contributed by atoms with Crippen LogP contribution in [0, 0.1) is 11.3 Å². The fourth-order valence-electron chi connectivity index (χ4n) is 2.90. The van der Waals surface area contributed by atoms with E-state index in [2.05, 4.69) is 31.1 Å². The highest BCUT2D eigenvalue weighted by Gasteiger charge is 2.31. The lowest BCUT2D eigenvalue weighted by Crippen LogP contribution is -2.49. The van der Waals surface area contributed by atoms with E-state index in [1.807, 2.05) is 0 Å². The maximum atomic E-state index is 3.73. The van der Waals surface area contributed by atoms with E-state index in [9.17, 15) is 0 Å². The van der Waals surface area contributed by atoms with Crippen LogP contribution >= 0.6 is 0 Å². The van der Waals surface area contributed by atoms with E-state index in [0.29, 0.717) is 5.41 Å². The Balaban J connectivity index is 1.63. The molecule has 2 fully saturated rings. The van der Waals surface area contributed by atoms with Crippen LogP contribution in [-0.2, 0) is 0 Å². The molecule has 14 heavy (non-hydrogen) atoms. The quantitative estimate of drug-likeness (QED) is 0.739. The zero-order valence-electron chi connectivity index (χ0n) is 9.84. The van der Waals surface area contributed by atoms with E-state index in [4.69, 9.17) is 0 Å². The first-order chi connectivity index (χ1) is 6.55. The van der Waals surface area contributed by atoms with Crippen LogP contribution in [0.4, 0.5) is 0 Å². The standard InChI is InChI=1S/C12H24N2/c1-12(2)5-4-11(6-12)13-7-10-8-14(3)9-10/h10-11,13H,4-9H2,1-3H3. The van der Waals surface area contributed by atoms with Crippen molar-refractivity contribution in [3.63, 3.8) is 0 Å². The summed E-state index contributed by atoms with van der Waals surface area (Å²) in [6.45, 7) is 8.62. The van der Waals surface area contributed by atoms with Crippen LogP contribution in [0.3, 0.4) is 0 Å². The molecule has 2 nitrogen and oxygen atoms in total. The lowest BCUT2D eigenvalue weighted by Gasteiger charge is -2.37. The number of nitrogens with one attached hydrogen (secondary N) is 1. The third kappa shape index (κ3) is 2.48. The Labute approximate surface area is 88.1 Å². The lowest BCUT2D eigenvalue weighted by molar-refractivity contribution is 0.129. The van der Waals surface area contributed by atoms with Crippen LogP contribution in [0.2, 0.25) is 0 Å². The van der Waals surface area contributed by atoms with E-state index in [-0.39, 0.29) is 0 Å². The van der Waals surface area contributed by atoms with Gasteiger partial charge in [0.2, 0.25) is 0 Å². The van der Waals surface area contributed by atoms with Gasteiger partial charge in [-0.2, -0.15) is 0 Å². The summed E-state index contributed by atoms with van der Waals surface area (Å²) in [6.07, 6.45) is 4.15. The highest BCUT2D eigenvalue weighted by Crippen LogP contribution is 2.36. The summed E-state index contributed by atoms with van der Waals surface area (Å²) in [5.41, 5.74) is 0.591. The number of nitrogens with zero attached hydrogens (tertiary/aromatic N) is 1. The SMILES string of the molecule is CN1CC(CNC2CCC(C)(C)C2)C1. The molecule has 0 amide bonds. The molecule has 0 radical (unpaired) electrons. The molecular formula is C12H24N2. The lowest BCUT2D eigenvalue weighted by atomic mass is 9.91. The maximum absolute atomic E-state index is 3.73. The topological polar surface area (TPSA) is 15.3 Å². The van der Waals surface area contributed by atoms with Crippen molar-refractivity contribution in [2.45, 2.75) is 39.2 Å². The molecule has 1 saturated heterocycles. The van der Waals surface area contributed by atoms with Crippen molar-refractivity contribution in [1.82, 2.24) is 10.2 Å². The van der Waals surface area contributed by atoms with E-state index >= 15 is 0 Å². The Morgan fingerprint density at radius 3 is 2.57 bits per heavy atom. The molecule has 1 aliphatic carbocycles. The van der Waals surface area contributed by atoms with Gasteiger partial charge >= 0.3 is 0 Å². The summed E-state index contributed by atoms with van der Waals surface area (Å²) in [6, 6.07) is 0.802. The van der Waals surface area contributed by atoms with Crippen LogP contribution in [0.1, 0.15) is 33.1 Å². The number of hydrogen-bond donors (Lipinski definition) is 1.